The van der Waals surface area contributed by atoms with Crippen molar-refractivity contribution in [1.29, 1.82) is 5.26 Å². The molecule has 0 spiro atoms. The average molecular weight is 200 g/mol. The van der Waals surface area contributed by atoms with E-state index < -0.39 is 0 Å². The topological polar surface area (TPSA) is 44.1 Å². The number of hydrogen-bond acceptors (Lipinski definition) is 2. The second-order valence-corrected chi connectivity index (χ2v) is 3.94. The monoisotopic (exact) mass is 200 g/mol. The molecule has 2 aliphatic rings. The number of carbonyl (C=O) groups is 1. The smallest absolute Gasteiger partial charge is 0.258 e. The maximum absolute atomic E-state index is 11.9. The van der Waals surface area contributed by atoms with Crippen LogP contribution in [0.3, 0.4) is 0 Å². The molecule has 1 heterocycles. The fourth-order valence-corrected chi connectivity index (χ4v) is 2.28. The van der Waals surface area contributed by atoms with Gasteiger partial charge in [-0.15, -0.1) is 0 Å². The number of likely N-dealkylation sites (N-methyl/N-ethyl adjacent to an activating group) is 1. The minimum atomic E-state index is 0.00426. The highest BCUT2D eigenvalue weighted by molar-refractivity contribution is 6.07. The number of hydrogen-bond donors (Lipinski definition) is 0. The summed E-state index contributed by atoms with van der Waals surface area (Å²) in [6.45, 7) is 5.66. The first kappa shape index (κ1) is 9.72. The zero-order valence-electron chi connectivity index (χ0n) is 9.30. The summed E-state index contributed by atoms with van der Waals surface area (Å²) in [5.41, 5.74) is 5.01. The normalized spacial score (nSPS) is 20.5. The van der Waals surface area contributed by atoms with Gasteiger partial charge in [-0.1, -0.05) is 0 Å². The molecule has 0 bridgehead atoms. The Morgan fingerprint density at radius 3 is 2.20 bits per heavy atom. The van der Waals surface area contributed by atoms with Gasteiger partial charge in [0, 0.05) is 18.3 Å². The van der Waals surface area contributed by atoms with E-state index in [9.17, 15) is 4.79 Å². The van der Waals surface area contributed by atoms with Crippen molar-refractivity contribution in [2.45, 2.75) is 20.8 Å². The molecule has 0 saturated heterocycles. The fourth-order valence-electron chi connectivity index (χ4n) is 2.28. The molecule has 0 aromatic carbocycles. The van der Waals surface area contributed by atoms with E-state index in [1.54, 1.807) is 11.9 Å². The van der Waals surface area contributed by atoms with E-state index in [2.05, 4.69) is 6.07 Å². The Morgan fingerprint density at radius 1 is 1.13 bits per heavy atom. The van der Waals surface area contributed by atoms with Gasteiger partial charge in [0.25, 0.3) is 5.91 Å². The number of allylic oxidation sites excluding steroid dienone is 4. The van der Waals surface area contributed by atoms with Crippen LogP contribution in [0, 0.1) is 11.3 Å². The van der Waals surface area contributed by atoms with Gasteiger partial charge in [0.15, 0.2) is 0 Å². The quantitative estimate of drug-likeness (QED) is 0.599. The van der Waals surface area contributed by atoms with Crippen molar-refractivity contribution in [3.8, 4) is 6.07 Å². The Hall–Kier alpha value is -1.82. The molecule has 0 saturated carbocycles. The molecule has 0 radical (unpaired) electrons. The molecule has 0 aromatic heterocycles. The number of nitrogens with zero attached hydrogens (tertiary/aromatic N) is 2. The number of nitriles is 1. The summed E-state index contributed by atoms with van der Waals surface area (Å²) in [7, 11) is 1.77. The summed E-state index contributed by atoms with van der Waals surface area (Å²) in [6.07, 6.45) is 0. The molecule has 0 aromatic rings. The van der Waals surface area contributed by atoms with Gasteiger partial charge in [-0.3, -0.25) is 4.79 Å². The molecule has 3 heteroatoms. The lowest BCUT2D eigenvalue weighted by Gasteiger charge is -2.10. The first-order valence-corrected chi connectivity index (χ1v) is 4.82. The van der Waals surface area contributed by atoms with E-state index in [-0.39, 0.29) is 5.91 Å². The van der Waals surface area contributed by atoms with Crippen molar-refractivity contribution >= 4 is 5.91 Å². The van der Waals surface area contributed by atoms with Crippen molar-refractivity contribution in [3.63, 3.8) is 0 Å². The second kappa shape index (κ2) is 2.83. The van der Waals surface area contributed by atoms with Crippen LogP contribution in [0.15, 0.2) is 33.6 Å². The molecule has 3 nitrogen and oxygen atoms in total. The van der Waals surface area contributed by atoms with E-state index >= 15 is 0 Å². The van der Waals surface area contributed by atoms with Crippen molar-refractivity contribution in [1.82, 2.24) is 4.90 Å². The third-order valence-electron chi connectivity index (χ3n) is 3.25. The van der Waals surface area contributed by atoms with Gasteiger partial charge in [0.05, 0.1) is 17.2 Å². The van der Waals surface area contributed by atoms with Crippen LogP contribution in [0.5, 0.6) is 0 Å². The van der Waals surface area contributed by atoms with Crippen LogP contribution in [0.1, 0.15) is 20.8 Å². The molecule has 1 amide bonds. The zero-order valence-corrected chi connectivity index (χ0v) is 9.30. The van der Waals surface area contributed by atoms with E-state index in [0.717, 1.165) is 22.4 Å². The third kappa shape index (κ3) is 0.964. The van der Waals surface area contributed by atoms with Gasteiger partial charge in [-0.25, -0.2) is 0 Å². The summed E-state index contributed by atoms with van der Waals surface area (Å²) < 4.78 is 0. The van der Waals surface area contributed by atoms with Crippen LogP contribution >= 0.6 is 0 Å². The summed E-state index contributed by atoms with van der Waals surface area (Å²) in [5, 5.41) is 9.01. The lowest BCUT2D eigenvalue weighted by Crippen LogP contribution is -2.20. The highest BCUT2D eigenvalue weighted by Gasteiger charge is 2.38. The van der Waals surface area contributed by atoms with E-state index in [4.69, 9.17) is 5.26 Å². The Morgan fingerprint density at radius 2 is 1.73 bits per heavy atom. The van der Waals surface area contributed by atoms with Crippen molar-refractivity contribution in [3.05, 3.63) is 33.6 Å². The Balaban J connectivity index is 2.77. The molecule has 2 rings (SSSR count). The Bertz CT molecular complexity index is 512. The minimum absolute atomic E-state index is 0.00426. The molecule has 76 valence electrons. The van der Waals surface area contributed by atoms with E-state index in [0.29, 0.717) is 11.1 Å². The van der Waals surface area contributed by atoms with Crippen LogP contribution in [0.4, 0.5) is 0 Å². The van der Waals surface area contributed by atoms with E-state index in [1.807, 2.05) is 20.8 Å². The van der Waals surface area contributed by atoms with Crippen molar-refractivity contribution in [2.75, 3.05) is 7.05 Å². The predicted molar refractivity (Wildman–Crippen MR) is 56.5 cm³/mol. The lowest BCUT2D eigenvalue weighted by molar-refractivity contribution is -0.123. The summed E-state index contributed by atoms with van der Waals surface area (Å²) in [5.74, 6) is 0.00426. The third-order valence-corrected chi connectivity index (χ3v) is 3.25. The van der Waals surface area contributed by atoms with Crippen molar-refractivity contribution in [2.24, 2.45) is 0 Å². The highest BCUT2D eigenvalue weighted by Crippen LogP contribution is 2.43. The number of amides is 1. The number of rotatable bonds is 0. The molecule has 0 N–H and O–H groups in total. The van der Waals surface area contributed by atoms with Crippen molar-refractivity contribution < 1.29 is 4.79 Å². The van der Waals surface area contributed by atoms with Crippen LogP contribution in [-0.4, -0.2) is 17.9 Å². The van der Waals surface area contributed by atoms with Gasteiger partial charge in [-0.2, -0.15) is 5.26 Å². The molecule has 0 atom stereocenters. The fraction of sp³-hybridized carbons (Fsp3) is 0.333. The molecule has 0 unspecified atom stereocenters. The summed E-state index contributed by atoms with van der Waals surface area (Å²) in [4.78, 5) is 13.5. The lowest BCUT2D eigenvalue weighted by atomic mass is 10.0. The zero-order chi connectivity index (χ0) is 11.3. The highest BCUT2D eigenvalue weighted by atomic mass is 16.2. The number of carbonyl (C=O) groups excluding carboxylic acids is 1. The molecule has 0 fully saturated rings. The van der Waals surface area contributed by atoms with Gasteiger partial charge >= 0.3 is 0 Å². The minimum Gasteiger partial charge on any atom is -0.315 e. The van der Waals surface area contributed by atoms with Crippen LogP contribution in [0.25, 0.3) is 0 Å². The molecule has 15 heavy (non-hydrogen) atoms. The van der Waals surface area contributed by atoms with Crippen LogP contribution in [-0.2, 0) is 4.79 Å². The maximum atomic E-state index is 11.9. The molecular weight excluding hydrogens is 188 g/mol. The average Bonchev–Trinajstić information content (AvgIpc) is 2.58. The van der Waals surface area contributed by atoms with Gasteiger partial charge in [0.2, 0.25) is 0 Å². The molecule has 1 aliphatic carbocycles. The van der Waals surface area contributed by atoms with Crippen LogP contribution in [0.2, 0.25) is 0 Å². The molecular formula is C12H12N2O. The SMILES string of the molecule is CC1=C(C#N)C(C)=C2C(=O)N(C)C(C)=C12. The van der Waals surface area contributed by atoms with Crippen LogP contribution < -0.4 is 0 Å². The largest absolute Gasteiger partial charge is 0.315 e. The number of fused-ring (bicyclic) bond motifs is 1. The second-order valence-electron chi connectivity index (χ2n) is 3.94. The van der Waals surface area contributed by atoms with Gasteiger partial charge in [0.1, 0.15) is 0 Å². The van der Waals surface area contributed by atoms with Gasteiger partial charge in [-0.05, 0) is 31.9 Å². The predicted octanol–water partition coefficient (Wildman–Crippen LogP) is 1.90. The van der Waals surface area contributed by atoms with E-state index in [1.165, 1.54) is 0 Å². The Labute approximate surface area is 89.0 Å². The first-order chi connectivity index (χ1) is 7.00. The standard InChI is InChI=1S/C12H12N2O/c1-6-9(5-13)7(2)11-10(6)8(3)14(4)12(11)15/h1-4H3. The first-order valence-electron chi connectivity index (χ1n) is 4.82. The summed E-state index contributed by atoms with van der Waals surface area (Å²) in [6, 6.07) is 2.16. The maximum Gasteiger partial charge on any atom is 0.258 e. The Kier molecular flexibility index (Phi) is 1.84. The molecule has 1 aliphatic heterocycles. The summed E-state index contributed by atoms with van der Waals surface area (Å²) >= 11 is 0. The van der Waals surface area contributed by atoms with Gasteiger partial charge < -0.3 is 4.90 Å².